The van der Waals surface area contributed by atoms with Gasteiger partial charge in [-0.15, -0.1) is 0 Å². The van der Waals surface area contributed by atoms with E-state index in [1.165, 1.54) is 0 Å². The predicted octanol–water partition coefficient (Wildman–Crippen LogP) is 3.68. The molecule has 2 aromatic carbocycles. The fourth-order valence-corrected chi connectivity index (χ4v) is 1.77. The summed E-state index contributed by atoms with van der Waals surface area (Å²) in [6, 6.07) is 16.8. The zero-order valence-electron chi connectivity index (χ0n) is 11.8. The molecule has 0 saturated heterocycles. The number of benzene rings is 2. The Hall–Kier alpha value is -2.62. The molecule has 1 N–H and O–H groups in total. The van der Waals surface area contributed by atoms with E-state index in [2.05, 4.69) is 4.99 Å². The van der Waals surface area contributed by atoms with Crippen LogP contribution in [0.5, 0.6) is 5.75 Å². The van der Waals surface area contributed by atoms with Crippen molar-refractivity contribution in [2.24, 2.45) is 4.99 Å². The van der Waals surface area contributed by atoms with Crippen molar-refractivity contribution in [2.75, 3.05) is 0 Å². The molecule has 4 nitrogen and oxygen atoms in total. The molecular formula is C17H17NO3. The molecule has 2 aromatic rings. The van der Waals surface area contributed by atoms with Crippen LogP contribution in [0.1, 0.15) is 18.9 Å². The van der Waals surface area contributed by atoms with Crippen molar-refractivity contribution in [3.63, 3.8) is 0 Å². The number of aliphatic imine (C=N–C) groups is 1. The fourth-order valence-electron chi connectivity index (χ4n) is 1.77. The van der Waals surface area contributed by atoms with E-state index in [-0.39, 0.29) is 0 Å². The van der Waals surface area contributed by atoms with E-state index in [4.69, 9.17) is 9.84 Å². The molecule has 1 unspecified atom stereocenters. The van der Waals surface area contributed by atoms with E-state index in [1.54, 1.807) is 25.3 Å². The first-order chi connectivity index (χ1) is 10.2. The number of carboxylic acids is 1. The first-order valence-corrected chi connectivity index (χ1v) is 6.77. The van der Waals surface area contributed by atoms with Gasteiger partial charge in [0.2, 0.25) is 0 Å². The Balaban J connectivity index is 2.02. The van der Waals surface area contributed by atoms with E-state index in [9.17, 15) is 4.79 Å². The Morgan fingerprint density at radius 2 is 1.86 bits per heavy atom. The van der Waals surface area contributed by atoms with Crippen molar-refractivity contribution in [1.82, 2.24) is 0 Å². The number of rotatable bonds is 6. The molecule has 4 heteroatoms. The molecule has 0 fully saturated rings. The number of carbonyl (C=O) groups is 1. The van der Waals surface area contributed by atoms with Crippen LogP contribution in [0, 0.1) is 0 Å². The van der Waals surface area contributed by atoms with Gasteiger partial charge in [0.05, 0.1) is 5.69 Å². The van der Waals surface area contributed by atoms with Crippen LogP contribution in [0.4, 0.5) is 5.69 Å². The highest BCUT2D eigenvalue weighted by Gasteiger charge is 2.16. The maximum atomic E-state index is 10.9. The van der Waals surface area contributed by atoms with Crippen molar-refractivity contribution in [1.29, 1.82) is 0 Å². The van der Waals surface area contributed by atoms with Crippen LogP contribution in [-0.4, -0.2) is 23.4 Å². The van der Waals surface area contributed by atoms with E-state index < -0.39 is 12.1 Å². The average Bonchev–Trinajstić information content (AvgIpc) is 2.52. The van der Waals surface area contributed by atoms with Crippen LogP contribution in [0.15, 0.2) is 59.6 Å². The standard InChI is InChI=1S/C17H17NO3/c1-2-16(17(19)20)21-15-10-8-13(9-11-15)12-18-14-6-4-3-5-7-14/h3-12,16H,2H2,1H3,(H,19,20). The average molecular weight is 283 g/mol. The van der Waals surface area contributed by atoms with E-state index in [0.29, 0.717) is 12.2 Å². The van der Waals surface area contributed by atoms with Crippen LogP contribution < -0.4 is 4.74 Å². The summed E-state index contributed by atoms with van der Waals surface area (Å²) in [6.07, 6.45) is 1.37. The van der Waals surface area contributed by atoms with E-state index in [1.807, 2.05) is 42.5 Å². The molecule has 0 bridgehead atoms. The number of hydrogen-bond acceptors (Lipinski definition) is 3. The SMILES string of the molecule is CCC(Oc1ccc(C=Nc2ccccc2)cc1)C(=O)O. The van der Waals surface area contributed by atoms with Gasteiger partial charge in [0, 0.05) is 6.21 Å². The molecule has 0 aliphatic rings. The van der Waals surface area contributed by atoms with Gasteiger partial charge in [-0.25, -0.2) is 4.79 Å². The van der Waals surface area contributed by atoms with Gasteiger partial charge in [-0.05, 0) is 48.4 Å². The van der Waals surface area contributed by atoms with Crippen LogP contribution in [0.25, 0.3) is 0 Å². The van der Waals surface area contributed by atoms with Crippen LogP contribution in [0.3, 0.4) is 0 Å². The summed E-state index contributed by atoms with van der Waals surface area (Å²) >= 11 is 0. The number of aliphatic carboxylic acids is 1. The predicted molar refractivity (Wildman–Crippen MR) is 82.5 cm³/mol. The highest BCUT2D eigenvalue weighted by Crippen LogP contribution is 2.15. The second kappa shape index (κ2) is 7.24. The maximum absolute atomic E-state index is 10.9. The van der Waals surface area contributed by atoms with Gasteiger partial charge in [-0.3, -0.25) is 4.99 Å². The molecule has 2 rings (SSSR count). The maximum Gasteiger partial charge on any atom is 0.344 e. The second-order valence-electron chi connectivity index (χ2n) is 4.52. The molecule has 0 radical (unpaired) electrons. The molecule has 0 aliphatic carbocycles. The molecule has 0 heterocycles. The van der Waals surface area contributed by atoms with Gasteiger partial charge in [0.1, 0.15) is 5.75 Å². The van der Waals surface area contributed by atoms with Crippen LogP contribution in [0.2, 0.25) is 0 Å². The van der Waals surface area contributed by atoms with Gasteiger partial charge < -0.3 is 9.84 Å². The summed E-state index contributed by atoms with van der Waals surface area (Å²) in [6.45, 7) is 1.78. The van der Waals surface area contributed by atoms with Gasteiger partial charge >= 0.3 is 5.97 Å². The lowest BCUT2D eigenvalue weighted by atomic mass is 10.2. The zero-order chi connectivity index (χ0) is 15.1. The lowest BCUT2D eigenvalue weighted by molar-refractivity contribution is -0.145. The number of para-hydroxylation sites is 1. The van der Waals surface area contributed by atoms with Gasteiger partial charge in [-0.1, -0.05) is 25.1 Å². The molecule has 1 atom stereocenters. The summed E-state index contributed by atoms with van der Waals surface area (Å²) in [5.74, 6) is -0.409. The molecule has 108 valence electrons. The normalized spacial score (nSPS) is 12.2. The van der Waals surface area contributed by atoms with Gasteiger partial charge in [0.15, 0.2) is 6.10 Å². The highest BCUT2D eigenvalue weighted by molar-refractivity contribution is 5.82. The molecule has 0 amide bonds. The summed E-state index contributed by atoms with van der Waals surface area (Å²) < 4.78 is 5.40. The minimum absolute atomic E-state index is 0.423. The minimum atomic E-state index is -0.952. The Kier molecular flexibility index (Phi) is 5.10. The molecular weight excluding hydrogens is 266 g/mol. The Morgan fingerprint density at radius 3 is 2.43 bits per heavy atom. The van der Waals surface area contributed by atoms with Crippen molar-refractivity contribution in [3.05, 3.63) is 60.2 Å². The van der Waals surface area contributed by atoms with E-state index in [0.717, 1.165) is 11.3 Å². The largest absolute Gasteiger partial charge is 0.479 e. The summed E-state index contributed by atoms with van der Waals surface area (Å²) in [5.41, 5.74) is 1.81. The van der Waals surface area contributed by atoms with Crippen molar-refractivity contribution in [2.45, 2.75) is 19.4 Å². The van der Waals surface area contributed by atoms with Gasteiger partial charge in [-0.2, -0.15) is 0 Å². The summed E-state index contributed by atoms with van der Waals surface area (Å²) in [7, 11) is 0. The Bertz CT molecular complexity index is 606. The quantitative estimate of drug-likeness (QED) is 0.823. The lowest BCUT2D eigenvalue weighted by Gasteiger charge is -2.12. The smallest absolute Gasteiger partial charge is 0.344 e. The monoisotopic (exact) mass is 283 g/mol. The van der Waals surface area contributed by atoms with E-state index >= 15 is 0 Å². The van der Waals surface area contributed by atoms with Crippen molar-refractivity contribution in [3.8, 4) is 5.75 Å². The third kappa shape index (κ3) is 4.45. The van der Waals surface area contributed by atoms with Crippen LogP contribution >= 0.6 is 0 Å². The number of carboxylic acid groups (broad SMARTS) is 1. The third-order valence-corrected chi connectivity index (χ3v) is 2.92. The number of nitrogens with zero attached hydrogens (tertiary/aromatic N) is 1. The summed E-state index contributed by atoms with van der Waals surface area (Å²) in [5, 5.41) is 8.95. The van der Waals surface area contributed by atoms with Crippen molar-refractivity contribution >= 4 is 17.9 Å². The highest BCUT2D eigenvalue weighted by atomic mass is 16.5. The summed E-state index contributed by atoms with van der Waals surface area (Å²) in [4.78, 5) is 15.3. The Morgan fingerprint density at radius 1 is 1.19 bits per heavy atom. The fraction of sp³-hybridized carbons (Fsp3) is 0.176. The second-order valence-corrected chi connectivity index (χ2v) is 4.52. The van der Waals surface area contributed by atoms with Crippen molar-refractivity contribution < 1.29 is 14.6 Å². The molecule has 21 heavy (non-hydrogen) atoms. The topological polar surface area (TPSA) is 58.9 Å². The first kappa shape index (κ1) is 14.8. The molecule has 0 spiro atoms. The molecule has 0 saturated carbocycles. The number of hydrogen-bond donors (Lipinski definition) is 1. The zero-order valence-corrected chi connectivity index (χ0v) is 11.8. The first-order valence-electron chi connectivity index (χ1n) is 6.77. The molecule has 0 aromatic heterocycles. The van der Waals surface area contributed by atoms with Gasteiger partial charge in [0.25, 0.3) is 0 Å². The van der Waals surface area contributed by atoms with Crippen LogP contribution in [-0.2, 0) is 4.79 Å². The Labute approximate surface area is 123 Å². The number of ether oxygens (including phenoxy) is 1. The third-order valence-electron chi connectivity index (χ3n) is 2.92. The lowest BCUT2D eigenvalue weighted by Crippen LogP contribution is -2.25. The molecule has 0 aliphatic heterocycles. The minimum Gasteiger partial charge on any atom is -0.479 e.